The number of rotatable bonds is 5. The summed E-state index contributed by atoms with van der Waals surface area (Å²) in [7, 11) is 0. The molecule has 94 valence electrons. The maximum atomic E-state index is 11.0. The van der Waals surface area contributed by atoms with E-state index >= 15 is 0 Å². The molecule has 1 rings (SSSR count). The Labute approximate surface area is 101 Å². The van der Waals surface area contributed by atoms with E-state index in [9.17, 15) is 9.90 Å². The number of benzene rings is 1. The van der Waals surface area contributed by atoms with Gasteiger partial charge >= 0.3 is 5.97 Å². The molecule has 1 aromatic carbocycles. The highest BCUT2D eigenvalue weighted by Gasteiger charge is 2.35. The van der Waals surface area contributed by atoms with Crippen LogP contribution in [0.2, 0.25) is 0 Å². The van der Waals surface area contributed by atoms with E-state index in [0.29, 0.717) is 11.3 Å². The molecule has 0 aliphatic carbocycles. The molecule has 0 heterocycles. The Bertz CT molecular complexity index is 383. The number of hydrogen-bond donors (Lipinski definition) is 2. The van der Waals surface area contributed by atoms with Crippen LogP contribution in [0.25, 0.3) is 0 Å². The third kappa shape index (κ3) is 2.97. The summed E-state index contributed by atoms with van der Waals surface area (Å²) in [5.41, 5.74) is -1.46. The molecule has 2 N–H and O–H groups in total. The second-order valence-corrected chi connectivity index (χ2v) is 4.21. The second kappa shape index (κ2) is 5.19. The summed E-state index contributed by atoms with van der Waals surface area (Å²) in [6, 6.07) is 6.49. The minimum absolute atomic E-state index is 0.0605. The quantitative estimate of drug-likeness (QED) is 0.824. The summed E-state index contributed by atoms with van der Waals surface area (Å²) >= 11 is 0. The van der Waals surface area contributed by atoms with Crippen LogP contribution in [0.4, 0.5) is 0 Å². The third-order valence-corrected chi connectivity index (χ3v) is 2.57. The molecule has 1 unspecified atom stereocenters. The van der Waals surface area contributed by atoms with E-state index in [1.807, 2.05) is 13.8 Å². The summed E-state index contributed by atoms with van der Waals surface area (Å²) < 4.78 is 5.45. The average molecular weight is 238 g/mol. The molecule has 4 nitrogen and oxygen atoms in total. The predicted molar refractivity (Wildman–Crippen MR) is 64.0 cm³/mol. The molecule has 0 saturated heterocycles. The number of carboxylic acid groups (broad SMARTS) is 1. The fourth-order valence-corrected chi connectivity index (χ4v) is 1.56. The van der Waals surface area contributed by atoms with Gasteiger partial charge in [0.1, 0.15) is 5.75 Å². The van der Waals surface area contributed by atoms with Crippen LogP contribution in [0.5, 0.6) is 5.75 Å². The van der Waals surface area contributed by atoms with Crippen LogP contribution in [0, 0.1) is 0 Å². The molecule has 1 atom stereocenters. The van der Waals surface area contributed by atoms with E-state index in [-0.39, 0.29) is 12.5 Å². The van der Waals surface area contributed by atoms with Crippen molar-refractivity contribution < 1.29 is 19.7 Å². The van der Waals surface area contributed by atoms with Gasteiger partial charge in [-0.1, -0.05) is 19.1 Å². The summed E-state index contributed by atoms with van der Waals surface area (Å²) in [5.74, 6) is -0.579. The van der Waals surface area contributed by atoms with Crippen molar-refractivity contribution in [2.75, 3.05) is 0 Å². The largest absolute Gasteiger partial charge is 0.491 e. The van der Waals surface area contributed by atoms with Crippen molar-refractivity contribution >= 4 is 5.97 Å². The first-order valence-electron chi connectivity index (χ1n) is 5.63. The van der Waals surface area contributed by atoms with Crippen LogP contribution in [0.3, 0.4) is 0 Å². The van der Waals surface area contributed by atoms with E-state index in [0.717, 1.165) is 0 Å². The van der Waals surface area contributed by atoms with E-state index in [1.54, 1.807) is 31.2 Å². The number of aliphatic hydroxyl groups is 1. The molecule has 1 aromatic rings. The van der Waals surface area contributed by atoms with Gasteiger partial charge < -0.3 is 14.9 Å². The van der Waals surface area contributed by atoms with Gasteiger partial charge in [0, 0.05) is 0 Å². The zero-order chi connectivity index (χ0) is 13.1. The number of hydrogen-bond acceptors (Lipinski definition) is 3. The summed E-state index contributed by atoms with van der Waals surface area (Å²) in [4.78, 5) is 11.0. The average Bonchev–Trinajstić information content (AvgIpc) is 2.28. The number of aliphatic carboxylic acids is 1. The van der Waals surface area contributed by atoms with Gasteiger partial charge in [0.05, 0.1) is 6.10 Å². The lowest BCUT2D eigenvalue weighted by Crippen LogP contribution is -2.34. The number of ether oxygens (including phenoxy) is 1. The van der Waals surface area contributed by atoms with Gasteiger partial charge in [-0.25, -0.2) is 4.79 Å². The van der Waals surface area contributed by atoms with Crippen LogP contribution < -0.4 is 4.74 Å². The Morgan fingerprint density at radius 1 is 1.35 bits per heavy atom. The van der Waals surface area contributed by atoms with Crippen molar-refractivity contribution in [3.05, 3.63) is 29.8 Å². The van der Waals surface area contributed by atoms with Crippen molar-refractivity contribution in [2.24, 2.45) is 0 Å². The van der Waals surface area contributed by atoms with Crippen molar-refractivity contribution in [1.82, 2.24) is 0 Å². The first-order chi connectivity index (χ1) is 7.90. The highest BCUT2D eigenvalue weighted by Crippen LogP contribution is 2.27. The molecule has 0 aromatic heterocycles. The van der Waals surface area contributed by atoms with Gasteiger partial charge in [-0.15, -0.1) is 0 Å². The molecule has 0 aliphatic rings. The SMILES string of the molecule is CCC(O)(C(=O)O)c1ccc(OC(C)C)cc1. The van der Waals surface area contributed by atoms with Gasteiger partial charge in [0.2, 0.25) is 0 Å². The molecular weight excluding hydrogens is 220 g/mol. The minimum atomic E-state index is -1.82. The molecule has 0 saturated carbocycles. The van der Waals surface area contributed by atoms with E-state index in [4.69, 9.17) is 9.84 Å². The van der Waals surface area contributed by atoms with Crippen molar-refractivity contribution in [1.29, 1.82) is 0 Å². The highest BCUT2D eigenvalue weighted by molar-refractivity contribution is 5.79. The first kappa shape index (κ1) is 13.5. The maximum Gasteiger partial charge on any atom is 0.340 e. The first-order valence-corrected chi connectivity index (χ1v) is 5.63. The summed E-state index contributed by atoms with van der Waals surface area (Å²) in [6.45, 7) is 5.45. The van der Waals surface area contributed by atoms with E-state index < -0.39 is 11.6 Å². The Morgan fingerprint density at radius 2 is 1.88 bits per heavy atom. The Hall–Kier alpha value is -1.55. The monoisotopic (exact) mass is 238 g/mol. The number of carbonyl (C=O) groups is 1. The maximum absolute atomic E-state index is 11.0. The Balaban J connectivity index is 2.97. The highest BCUT2D eigenvalue weighted by atomic mass is 16.5. The molecular formula is C13H18O4. The van der Waals surface area contributed by atoms with Crippen LogP contribution >= 0.6 is 0 Å². The zero-order valence-corrected chi connectivity index (χ0v) is 10.3. The van der Waals surface area contributed by atoms with Crippen molar-refractivity contribution in [3.63, 3.8) is 0 Å². The molecule has 0 radical (unpaired) electrons. The van der Waals surface area contributed by atoms with E-state index in [2.05, 4.69) is 0 Å². The van der Waals surface area contributed by atoms with E-state index in [1.165, 1.54) is 0 Å². The van der Waals surface area contributed by atoms with Gasteiger partial charge in [0.15, 0.2) is 5.60 Å². The fraction of sp³-hybridized carbons (Fsp3) is 0.462. The van der Waals surface area contributed by atoms with Crippen LogP contribution in [-0.2, 0) is 10.4 Å². The van der Waals surface area contributed by atoms with Crippen molar-refractivity contribution in [3.8, 4) is 5.75 Å². The number of carboxylic acids is 1. The molecule has 0 amide bonds. The van der Waals surface area contributed by atoms with Gasteiger partial charge in [-0.2, -0.15) is 0 Å². The molecule has 17 heavy (non-hydrogen) atoms. The summed E-state index contributed by atoms with van der Waals surface area (Å²) in [5, 5.41) is 19.0. The lowest BCUT2D eigenvalue weighted by atomic mass is 9.91. The minimum Gasteiger partial charge on any atom is -0.491 e. The summed E-state index contributed by atoms with van der Waals surface area (Å²) in [6.07, 6.45) is 0.178. The van der Waals surface area contributed by atoms with Gasteiger partial charge in [-0.3, -0.25) is 0 Å². The topological polar surface area (TPSA) is 66.8 Å². The molecule has 0 fully saturated rings. The Kier molecular flexibility index (Phi) is 4.12. The second-order valence-electron chi connectivity index (χ2n) is 4.21. The van der Waals surface area contributed by atoms with Crippen LogP contribution in [-0.4, -0.2) is 22.3 Å². The van der Waals surface area contributed by atoms with Gasteiger partial charge in [-0.05, 0) is 38.0 Å². The smallest absolute Gasteiger partial charge is 0.340 e. The third-order valence-electron chi connectivity index (χ3n) is 2.57. The van der Waals surface area contributed by atoms with Crippen LogP contribution in [0.1, 0.15) is 32.8 Å². The predicted octanol–water partition coefficient (Wildman–Crippen LogP) is 2.16. The molecule has 0 aliphatic heterocycles. The molecule has 0 spiro atoms. The normalized spacial score (nSPS) is 14.4. The standard InChI is InChI=1S/C13H18O4/c1-4-13(16,12(14)15)10-5-7-11(8-6-10)17-9(2)3/h5-9,16H,4H2,1-3H3,(H,14,15). The molecule has 4 heteroatoms. The lowest BCUT2D eigenvalue weighted by molar-refractivity contribution is -0.160. The molecule has 0 bridgehead atoms. The van der Waals surface area contributed by atoms with Gasteiger partial charge in [0.25, 0.3) is 0 Å². The Morgan fingerprint density at radius 3 is 2.24 bits per heavy atom. The lowest BCUT2D eigenvalue weighted by Gasteiger charge is -2.22. The fourth-order valence-electron chi connectivity index (χ4n) is 1.56. The van der Waals surface area contributed by atoms with Crippen LogP contribution in [0.15, 0.2) is 24.3 Å². The van der Waals surface area contributed by atoms with Crippen molar-refractivity contribution in [2.45, 2.75) is 38.9 Å². The zero-order valence-electron chi connectivity index (χ0n) is 10.3.